The van der Waals surface area contributed by atoms with Crippen molar-refractivity contribution in [2.45, 2.75) is 40.0 Å². The highest BCUT2D eigenvalue weighted by Gasteiger charge is 2.18. The molecule has 78 valence electrons. The molecule has 0 saturated heterocycles. The van der Waals surface area contributed by atoms with Gasteiger partial charge in [-0.3, -0.25) is 4.79 Å². The average molecular weight is 192 g/mol. The lowest BCUT2D eigenvalue weighted by molar-refractivity contribution is -0.112. The fourth-order valence-electron chi connectivity index (χ4n) is 2.05. The third-order valence-corrected chi connectivity index (χ3v) is 2.84. The Hall–Kier alpha value is -0.850. The van der Waals surface area contributed by atoms with Crippen molar-refractivity contribution >= 4 is 5.78 Å². The van der Waals surface area contributed by atoms with E-state index in [-0.39, 0.29) is 5.78 Å². The second-order valence-electron chi connectivity index (χ2n) is 4.43. The molecule has 0 bridgehead atoms. The van der Waals surface area contributed by atoms with E-state index in [1.807, 2.05) is 6.08 Å². The average Bonchev–Trinajstić information content (AvgIpc) is 2.15. The van der Waals surface area contributed by atoms with Crippen LogP contribution in [0.25, 0.3) is 0 Å². The van der Waals surface area contributed by atoms with Gasteiger partial charge in [-0.1, -0.05) is 26.0 Å². The molecule has 1 aliphatic rings. The van der Waals surface area contributed by atoms with Crippen molar-refractivity contribution in [2.24, 2.45) is 11.8 Å². The highest BCUT2D eigenvalue weighted by atomic mass is 16.1. The summed E-state index contributed by atoms with van der Waals surface area (Å²) in [4.78, 5) is 10.8. The molecule has 0 radical (unpaired) electrons. The Balaban J connectivity index is 2.72. The summed E-state index contributed by atoms with van der Waals surface area (Å²) < 4.78 is 0. The molecule has 0 aliphatic heterocycles. The highest BCUT2D eigenvalue weighted by molar-refractivity contribution is 5.87. The molecule has 0 aromatic carbocycles. The van der Waals surface area contributed by atoms with Crippen LogP contribution < -0.4 is 0 Å². The molecule has 1 rings (SSSR count). The lowest BCUT2D eigenvalue weighted by atomic mass is 9.80. The number of carbonyl (C=O) groups is 1. The SMILES string of the molecule is CC(=O)/C=C/C1=CCCCC1C(C)C. The van der Waals surface area contributed by atoms with Gasteiger partial charge < -0.3 is 0 Å². The Morgan fingerprint density at radius 1 is 1.57 bits per heavy atom. The fourth-order valence-corrected chi connectivity index (χ4v) is 2.05. The zero-order chi connectivity index (χ0) is 10.6. The predicted molar refractivity (Wildman–Crippen MR) is 60.1 cm³/mol. The van der Waals surface area contributed by atoms with E-state index in [9.17, 15) is 4.79 Å². The van der Waals surface area contributed by atoms with Gasteiger partial charge in [0.25, 0.3) is 0 Å². The van der Waals surface area contributed by atoms with E-state index in [2.05, 4.69) is 19.9 Å². The van der Waals surface area contributed by atoms with E-state index in [1.54, 1.807) is 13.0 Å². The zero-order valence-corrected chi connectivity index (χ0v) is 9.42. The van der Waals surface area contributed by atoms with Gasteiger partial charge in [0.15, 0.2) is 5.78 Å². The van der Waals surface area contributed by atoms with Crippen molar-refractivity contribution in [1.82, 2.24) is 0 Å². The fraction of sp³-hybridized carbons (Fsp3) is 0.615. The Bertz CT molecular complexity index is 258. The minimum atomic E-state index is 0.138. The Labute approximate surface area is 86.9 Å². The summed E-state index contributed by atoms with van der Waals surface area (Å²) in [7, 11) is 0. The first-order chi connectivity index (χ1) is 6.61. The number of rotatable bonds is 3. The molecule has 1 unspecified atom stereocenters. The van der Waals surface area contributed by atoms with E-state index in [0.717, 1.165) is 0 Å². The molecule has 1 heteroatoms. The van der Waals surface area contributed by atoms with Gasteiger partial charge in [-0.25, -0.2) is 0 Å². The topological polar surface area (TPSA) is 17.1 Å². The molecule has 0 saturated carbocycles. The van der Waals surface area contributed by atoms with Crippen LogP contribution in [0.4, 0.5) is 0 Å². The van der Waals surface area contributed by atoms with Crippen molar-refractivity contribution in [3.63, 3.8) is 0 Å². The van der Waals surface area contributed by atoms with Gasteiger partial charge in [0.2, 0.25) is 0 Å². The second kappa shape index (κ2) is 5.14. The van der Waals surface area contributed by atoms with Crippen LogP contribution in [-0.2, 0) is 4.79 Å². The summed E-state index contributed by atoms with van der Waals surface area (Å²) >= 11 is 0. The molecule has 0 N–H and O–H groups in total. The van der Waals surface area contributed by atoms with Crippen molar-refractivity contribution in [1.29, 1.82) is 0 Å². The van der Waals surface area contributed by atoms with E-state index < -0.39 is 0 Å². The van der Waals surface area contributed by atoms with Gasteiger partial charge in [-0.05, 0) is 49.7 Å². The van der Waals surface area contributed by atoms with Crippen LogP contribution in [0.3, 0.4) is 0 Å². The third kappa shape index (κ3) is 3.13. The number of carbonyl (C=O) groups excluding carboxylic acids is 1. The van der Waals surface area contributed by atoms with Crippen LogP contribution in [0.2, 0.25) is 0 Å². The summed E-state index contributed by atoms with van der Waals surface area (Å²) in [6.45, 7) is 6.11. The van der Waals surface area contributed by atoms with E-state index in [1.165, 1.54) is 24.8 Å². The van der Waals surface area contributed by atoms with E-state index >= 15 is 0 Å². The lowest BCUT2D eigenvalue weighted by Gasteiger charge is -2.25. The van der Waals surface area contributed by atoms with Crippen LogP contribution in [0, 0.1) is 11.8 Å². The minimum absolute atomic E-state index is 0.138. The van der Waals surface area contributed by atoms with E-state index in [0.29, 0.717) is 11.8 Å². The smallest absolute Gasteiger partial charge is 0.152 e. The molecule has 1 aliphatic carbocycles. The Morgan fingerprint density at radius 3 is 2.86 bits per heavy atom. The zero-order valence-electron chi connectivity index (χ0n) is 9.42. The number of allylic oxidation sites excluding steroid dienone is 4. The predicted octanol–water partition coefficient (Wildman–Crippen LogP) is 3.51. The minimum Gasteiger partial charge on any atom is -0.295 e. The van der Waals surface area contributed by atoms with Gasteiger partial charge in [0, 0.05) is 0 Å². The van der Waals surface area contributed by atoms with E-state index in [4.69, 9.17) is 0 Å². The first-order valence-corrected chi connectivity index (χ1v) is 5.50. The van der Waals surface area contributed by atoms with Crippen molar-refractivity contribution in [2.75, 3.05) is 0 Å². The number of hydrogen-bond donors (Lipinski definition) is 0. The summed E-state index contributed by atoms with van der Waals surface area (Å²) in [5.41, 5.74) is 1.36. The summed E-state index contributed by atoms with van der Waals surface area (Å²) in [5.74, 6) is 1.47. The normalized spacial score (nSPS) is 22.9. The molecule has 14 heavy (non-hydrogen) atoms. The molecule has 1 nitrogen and oxygen atoms in total. The van der Waals surface area contributed by atoms with Gasteiger partial charge in [0.05, 0.1) is 0 Å². The quantitative estimate of drug-likeness (QED) is 0.625. The first-order valence-electron chi connectivity index (χ1n) is 5.50. The number of hydrogen-bond acceptors (Lipinski definition) is 1. The molecular weight excluding hydrogens is 172 g/mol. The maximum atomic E-state index is 10.8. The molecular formula is C13H20O. The second-order valence-corrected chi connectivity index (χ2v) is 4.43. The maximum absolute atomic E-state index is 10.8. The van der Waals surface area contributed by atoms with Crippen LogP contribution in [-0.4, -0.2) is 5.78 Å². The molecule has 0 aromatic heterocycles. The summed E-state index contributed by atoms with van der Waals surface area (Å²) in [6.07, 6.45) is 9.71. The summed E-state index contributed by atoms with van der Waals surface area (Å²) in [6, 6.07) is 0. The van der Waals surface area contributed by atoms with Crippen LogP contribution in [0.15, 0.2) is 23.8 Å². The molecule has 1 atom stereocenters. The van der Waals surface area contributed by atoms with Crippen LogP contribution in [0.5, 0.6) is 0 Å². The van der Waals surface area contributed by atoms with Crippen molar-refractivity contribution in [3.8, 4) is 0 Å². The Kier molecular flexibility index (Phi) is 4.12. The van der Waals surface area contributed by atoms with Crippen LogP contribution in [0.1, 0.15) is 40.0 Å². The molecule has 0 spiro atoms. The Morgan fingerprint density at radius 2 is 2.29 bits per heavy atom. The molecule has 0 fully saturated rings. The first kappa shape index (κ1) is 11.2. The monoisotopic (exact) mass is 192 g/mol. The summed E-state index contributed by atoms with van der Waals surface area (Å²) in [5, 5.41) is 0. The largest absolute Gasteiger partial charge is 0.295 e. The van der Waals surface area contributed by atoms with Crippen LogP contribution >= 0.6 is 0 Å². The van der Waals surface area contributed by atoms with Gasteiger partial charge in [-0.15, -0.1) is 0 Å². The highest BCUT2D eigenvalue weighted by Crippen LogP contribution is 2.31. The molecule has 0 heterocycles. The number of ketones is 1. The third-order valence-electron chi connectivity index (χ3n) is 2.84. The van der Waals surface area contributed by atoms with Gasteiger partial charge in [0.1, 0.15) is 0 Å². The lowest BCUT2D eigenvalue weighted by Crippen LogP contribution is -2.13. The van der Waals surface area contributed by atoms with Crippen molar-refractivity contribution in [3.05, 3.63) is 23.8 Å². The molecule has 0 amide bonds. The maximum Gasteiger partial charge on any atom is 0.152 e. The molecule has 0 aromatic rings. The van der Waals surface area contributed by atoms with Gasteiger partial charge >= 0.3 is 0 Å². The van der Waals surface area contributed by atoms with Gasteiger partial charge in [-0.2, -0.15) is 0 Å². The van der Waals surface area contributed by atoms with Crippen molar-refractivity contribution < 1.29 is 4.79 Å². The standard InChI is InChI=1S/C13H20O/c1-10(2)13-7-5-4-6-12(13)9-8-11(3)14/h6,8-10,13H,4-5,7H2,1-3H3/b9-8+.